The Labute approximate surface area is 195 Å². The molecule has 1 atom stereocenters. The summed E-state index contributed by atoms with van der Waals surface area (Å²) in [6.07, 6.45) is 0.609. The van der Waals surface area contributed by atoms with Crippen LogP contribution in [0, 0.1) is 6.92 Å². The molecule has 11 heteroatoms. The predicted octanol–water partition coefficient (Wildman–Crippen LogP) is 3.46. The number of benzene rings is 2. The Bertz CT molecular complexity index is 1410. The summed E-state index contributed by atoms with van der Waals surface area (Å²) in [5.74, 6) is 0.871. The van der Waals surface area contributed by atoms with Crippen LogP contribution in [-0.4, -0.2) is 47.0 Å². The molecule has 2 aromatic carbocycles. The molecule has 1 amide bonds. The van der Waals surface area contributed by atoms with Gasteiger partial charge in [-0.15, -0.1) is 0 Å². The second kappa shape index (κ2) is 8.84. The van der Waals surface area contributed by atoms with Crippen LogP contribution in [0.15, 0.2) is 74.6 Å². The van der Waals surface area contributed by atoms with Crippen molar-refractivity contribution in [2.75, 3.05) is 18.4 Å². The average molecular weight is 480 g/mol. The van der Waals surface area contributed by atoms with Gasteiger partial charge in [0, 0.05) is 30.4 Å². The highest BCUT2D eigenvalue weighted by molar-refractivity contribution is 7.89. The zero-order chi connectivity index (χ0) is 23.7. The predicted molar refractivity (Wildman–Crippen MR) is 121 cm³/mol. The van der Waals surface area contributed by atoms with E-state index in [1.807, 2.05) is 30.3 Å². The molecule has 10 nitrogen and oxygen atoms in total. The van der Waals surface area contributed by atoms with Gasteiger partial charge in [-0.05, 0) is 37.6 Å². The number of sulfonamides is 1. The van der Waals surface area contributed by atoms with E-state index in [9.17, 15) is 13.2 Å². The Kier molecular flexibility index (Phi) is 5.72. The first-order chi connectivity index (χ1) is 16.4. The van der Waals surface area contributed by atoms with E-state index in [-0.39, 0.29) is 23.1 Å². The highest BCUT2D eigenvalue weighted by Gasteiger charge is 2.35. The molecule has 1 saturated heterocycles. The van der Waals surface area contributed by atoms with Crippen LogP contribution in [0.5, 0.6) is 0 Å². The molecule has 2 aromatic heterocycles. The van der Waals surface area contributed by atoms with E-state index < -0.39 is 15.9 Å². The maximum absolute atomic E-state index is 13.1. The van der Waals surface area contributed by atoms with E-state index in [0.29, 0.717) is 36.1 Å². The minimum absolute atomic E-state index is 0.120. The molecule has 1 N–H and O–H groups in total. The number of nitrogens with one attached hydrogen (secondary N) is 1. The van der Waals surface area contributed by atoms with Gasteiger partial charge in [-0.1, -0.05) is 40.6 Å². The van der Waals surface area contributed by atoms with Crippen LogP contribution in [0.4, 0.5) is 5.69 Å². The molecule has 1 aliphatic heterocycles. The Morgan fingerprint density at radius 1 is 1.06 bits per heavy atom. The van der Waals surface area contributed by atoms with E-state index in [0.717, 1.165) is 5.56 Å². The van der Waals surface area contributed by atoms with Crippen LogP contribution in [0.3, 0.4) is 0 Å². The molecule has 34 heavy (non-hydrogen) atoms. The third-order valence-corrected chi connectivity index (χ3v) is 7.47. The molecule has 0 radical (unpaired) electrons. The third-order valence-electron chi connectivity index (χ3n) is 5.59. The Morgan fingerprint density at radius 2 is 1.82 bits per heavy atom. The molecule has 5 rings (SSSR count). The van der Waals surface area contributed by atoms with Crippen molar-refractivity contribution in [3.8, 4) is 11.3 Å². The molecule has 0 spiro atoms. The van der Waals surface area contributed by atoms with Gasteiger partial charge in [0.2, 0.25) is 15.9 Å². The van der Waals surface area contributed by atoms with Crippen molar-refractivity contribution < 1.29 is 22.3 Å². The summed E-state index contributed by atoms with van der Waals surface area (Å²) >= 11 is 0. The lowest BCUT2D eigenvalue weighted by atomic mass is 10.1. The number of rotatable bonds is 6. The van der Waals surface area contributed by atoms with E-state index in [1.165, 1.54) is 28.6 Å². The molecular weight excluding hydrogens is 458 g/mol. The third kappa shape index (κ3) is 4.35. The Balaban J connectivity index is 1.25. The molecule has 4 aromatic rings. The van der Waals surface area contributed by atoms with Gasteiger partial charge in [-0.2, -0.15) is 9.29 Å². The number of aromatic nitrogens is 3. The van der Waals surface area contributed by atoms with Crippen LogP contribution in [-0.2, 0) is 10.0 Å². The van der Waals surface area contributed by atoms with Crippen molar-refractivity contribution in [2.45, 2.75) is 24.2 Å². The first-order valence-corrected chi connectivity index (χ1v) is 12.1. The van der Waals surface area contributed by atoms with Crippen LogP contribution >= 0.6 is 0 Å². The van der Waals surface area contributed by atoms with Gasteiger partial charge in [0.05, 0.1) is 10.8 Å². The molecule has 3 heterocycles. The van der Waals surface area contributed by atoms with Crippen molar-refractivity contribution in [1.29, 1.82) is 0 Å². The van der Waals surface area contributed by atoms with Gasteiger partial charge in [0.25, 0.3) is 5.91 Å². The summed E-state index contributed by atoms with van der Waals surface area (Å²) in [4.78, 5) is 16.9. The molecule has 0 saturated carbocycles. The zero-order valence-corrected chi connectivity index (χ0v) is 19.0. The van der Waals surface area contributed by atoms with E-state index in [1.54, 1.807) is 13.0 Å². The van der Waals surface area contributed by atoms with Gasteiger partial charge >= 0.3 is 0 Å². The molecule has 1 fully saturated rings. The van der Waals surface area contributed by atoms with Crippen LogP contribution in [0.1, 0.15) is 34.5 Å². The first-order valence-electron chi connectivity index (χ1n) is 10.6. The van der Waals surface area contributed by atoms with Gasteiger partial charge in [-0.25, -0.2) is 8.42 Å². The molecule has 1 aliphatic rings. The maximum atomic E-state index is 13.1. The Morgan fingerprint density at radius 3 is 2.53 bits per heavy atom. The van der Waals surface area contributed by atoms with Crippen molar-refractivity contribution in [3.05, 3.63) is 78.1 Å². The van der Waals surface area contributed by atoms with Gasteiger partial charge in [0.1, 0.15) is 0 Å². The van der Waals surface area contributed by atoms with Gasteiger partial charge in [0.15, 0.2) is 17.3 Å². The van der Waals surface area contributed by atoms with E-state index in [2.05, 4.69) is 20.6 Å². The average Bonchev–Trinajstić information content (AvgIpc) is 3.61. The fourth-order valence-corrected chi connectivity index (χ4v) is 5.30. The summed E-state index contributed by atoms with van der Waals surface area (Å²) in [5.41, 5.74) is 1.37. The van der Waals surface area contributed by atoms with Crippen LogP contribution in [0.25, 0.3) is 11.3 Å². The standard InChI is InChI=1S/C23H21N5O5S/c1-15-24-23(33-26-15)17-11-12-28(14-17)34(30,31)19-9-7-18(8-10-19)25-22(29)20-13-21(32-27-20)16-5-3-2-4-6-16/h2-10,13,17H,11-12,14H2,1H3,(H,25,29). The normalized spacial score (nSPS) is 16.6. The largest absolute Gasteiger partial charge is 0.355 e. The maximum Gasteiger partial charge on any atom is 0.277 e. The SMILES string of the molecule is Cc1noc(C2CCN(S(=O)(=O)c3ccc(NC(=O)c4cc(-c5ccccc5)on4)cc3)C2)n1. The van der Waals surface area contributed by atoms with Crippen molar-refractivity contribution >= 4 is 21.6 Å². The number of carbonyl (C=O) groups is 1. The summed E-state index contributed by atoms with van der Waals surface area (Å²) in [6.45, 7) is 2.36. The van der Waals surface area contributed by atoms with Crippen molar-refractivity contribution in [1.82, 2.24) is 19.6 Å². The smallest absolute Gasteiger partial charge is 0.277 e. The van der Waals surface area contributed by atoms with E-state index >= 15 is 0 Å². The van der Waals surface area contributed by atoms with Gasteiger partial charge < -0.3 is 14.4 Å². The van der Waals surface area contributed by atoms with Crippen molar-refractivity contribution in [3.63, 3.8) is 0 Å². The summed E-state index contributed by atoms with van der Waals surface area (Å²) in [5, 5.41) is 10.3. The van der Waals surface area contributed by atoms with Crippen LogP contribution in [0.2, 0.25) is 0 Å². The lowest BCUT2D eigenvalue weighted by Gasteiger charge is -2.16. The fourth-order valence-electron chi connectivity index (χ4n) is 3.80. The lowest BCUT2D eigenvalue weighted by molar-refractivity contribution is 0.101. The molecule has 174 valence electrons. The first kappa shape index (κ1) is 22.0. The highest BCUT2D eigenvalue weighted by atomic mass is 32.2. The topological polar surface area (TPSA) is 131 Å². The zero-order valence-electron chi connectivity index (χ0n) is 18.2. The quantitative estimate of drug-likeness (QED) is 0.445. The molecule has 0 bridgehead atoms. The highest BCUT2D eigenvalue weighted by Crippen LogP contribution is 2.30. The number of hydrogen-bond acceptors (Lipinski definition) is 8. The lowest BCUT2D eigenvalue weighted by Crippen LogP contribution is -2.28. The minimum atomic E-state index is -3.69. The monoisotopic (exact) mass is 479 g/mol. The number of nitrogens with zero attached hydrogens (tertiary/aromatic N) is 4. The number of anilines is 1. The number of amides is 1. The second-order valence-electron chi connectivity index (χ2n) is 7.95. The second-order valence-corrected chi connectivity index (χ2v) is 9.89. The summed E-state index contributed by atoms with van der Waals surface area (Å²) in [7, 11) is -3.69. The number of hydrogen-bond donors (Lipinski definition) is 1. The number of aryl methyl sites for hydroxylation is 1. The minimum Gasteiger partial charge on any atom is -0.355 e. The Hall–Kier alpha value is -3.83. The molecule has 1 unspecified atom stereocenters. The van der Waals surface area contributed by atoms with Gasteiger partial charge in [-0.3, -0.25) is 4.79 Å². The fraction of sp³-hybridized carbons (Fsp3) is 0.217. The summed E-state index contributed by atoms with van der Waals surface area (Å²) in [6, 6.07) is 16.9. The van der Waals surface area contributed by atoms with Crippen LogP contribution < -0.4 is 5.32 Å². The molecular formula is C23H21N5O5S. The summed E-state index contributed by atoms with van der Waals surface area (Å²) < 4.78 is 38.0. The number of carbonyl (C=O) groups excluding carboxylic acids is 1. The molecule has 0 aliphatic carbocycles. The van der Waals surface area contributed by atoms with Crippen molar-refractivity contribution in [2.24, 2.45) is 0 Å². The van der Waals surface area contributed by atoms with E-state index in [4.69, 9.17) is 9.05 Å².